The van der Waals surface area contributed by atoms with Gasteiger partial charge < -0.3 is 0 Å². The number of aromatic amines is 1. The molecule has 2 rings (SSSR count). The molecule has 0 saturated heterocycles. The SMILES string of the molecule is Cn1c(Sc2ccc(Cl)nn2)n[nH]c1=O. The van der Waals surface area contributed by atoms with Crippen LogP contribution < -0.4 is 5.69 Å². The molecule has 0 aliphatic rings. The molecule has 0 radical (unpaired) electrons. The van der Waals surface area contributed by atoms with E-state index in [4.69, 9.17) is 11.6 Å². The fourth-order valence-electron chi connectivity index (χ4n) is 0.876. The maximum absolute atomic E-state index is 11.1. The number of aromatic nitrogens is 5. The maximum Gasteiger partial charge on any atom is 0.343 e. The van der Waals surface area contributed by atoms with Crippen molar-refractivity contribution in [2.75, 3.05) is 0 Å². The van der Waals surface area contributed by atoms with Crippen LogP contribution in [0.25, 0.3) is 0 Å². The summed E-state index contributed by atoms with van der Waals surface area (Å²) >= 11 is 6.82. The zero-order valence-corrected chi connectivity index (χ0v) is 9.21. The molecule has 0 spiro atoms. The molecule has 15 heavy (non-hydrogen) atoms. The van der Waals surface area contributed by atoms with Crippen LogP contribution in [0.4, 0.5) is 0 Å². The molecule has 1 N–H and O–H groups in total. The first-order chi connectivity index (χ1) is 7.16. The molecular weight excluding hydrogens is 238 g/mol. The van der Waals surface area contributed by atoms with Gasteiger partial charge in [0.2, 0.25) is 0 Å². The normalized spacial score (nSPS) is 10.5. The monoisotopic (exact) mass is 243 g/mol. The molecule has 0 aliphatic carbocycles. The minimum absolute atomic E-state index is 0.264. The van der Waals surface area contributed by atoms with Crippen LogP contribution in [0, 0.1) is 0 Å². The van der Waals surface area contributed by atoms with Crippen molar-refractivity contribution >= 4 is 23.4 Å². The zero-order valence-electron chi connectivity index (χ0n) is 7.64. The van der Waals surface area contributed by atoms with E-state index in [1.165, 1.54) is 16.3 Å². The van der Waals surface area contributed by atoms with E-state index in [2.05, 4.69) is 20.4 Å². The Bertz CT molecular complexity index is 519. The molecule has 0 atom stereocenters. The largest absolute Gasteiger partial charge is 0.343 e. The highest BCUT2D eigenvalue weighted by atomic mass is 35.5. The summed E-state index contributed by atoms with van der Waals surface area (Å²) in [6.45, 7) is 0. The van der Waals surface area contributed by atoms with Crippen LogP contribution in [-0.2, 0) is 7.05 Å². The Morgan fingerprint density at radius 3 is 2.80 bits per heavy atom. The van der Waals surface area contributed by atoms with Gasteiger partial charge in [-0.25, -0.2) is 9.89 Å². The van der Waals surface area contributed by atoms with Gasteiger partial charge in [0.15, 0.2) is 10.3 Å². The molecule has 0 aliphatic heterocycles. The lowest BCUT2D eigenvalue weighted by atomic mass is 10.6. The summed E-state index contributed by atoms with van der Waals surface area (Å²) in [5.41, 5.74) is -0.264. The summed E-state index contributed by atoms with van der Waals surface area (Å²) in [7, 11) is 1.62. The Hall–Kier alpha value is -1.34. The van der Waals surface area contributed by atoms with Gasteiger partial charge in [-0.1, -0.05) is 11.6 Å². The molecule has 0 amide bonds. The molecular formula is C7H6ClN5OS. The third-order valence-electron chi connectivity index (χ3n) is 1.64. The van der Waals surface area contributed by atoms with E-state index in [1.807, 2.05) is 0 Å². The molecule has 8 heteroatoms. The van der Waals surface area contributed by atoms with Gasteiger partial charge in [-0.15, -0.1) is 15.3 Å². The smallest absolute Gasteiger partial charge is 0.273 e. The van der Waals surface area contributed by atoms with Crippen LogP contribution >= 0.6 is 23.4 Å². The summed E-state index contributed by atoms with van der Waals surface area (Å²) < 4.78 is 1.39. The average Bonchev–Trinajstić information content (AvgIpc) is 2.53. The van der Waals surface area contributed by atoms with Crippen molar-refractivity contribution in [1.82, 2.24) is 25.0 Å². The second kappa shape index (κ2) is 4.03. The van der Waals surface area contributed by atoms with Gasteiger partial charge in [0.25, 0.3) is 0 Å². The van der Waals surface area contributed by atoms with Crippen LogP contribution in [0.3, 0.4) is 0 Å². The fourth-order valence-corrected chi connectivity index (χ4v) is 1.69. The number of hydrogen-bond donors (Lipinski definition) is 1. The molecule has 0 unspecified atom stereocenters. The van der Waals surface area contributed by atoms with E-state index in [0.717, 1.165) is 0 Å². The second-order valence-corrected chi connectivity index (χ2v) is 4.04. The van der Waals surface area contributed by atoms with E-state index in [-0.39, 0.29) is 5.69 Å². The molecule has 78 valence electrons. The first kappa shape index (κ1) is 10.2. The Morgan fingerprint density at radius 1 is 1.47 bits per heavy atom. The quantitative estimate of drug-likeness (QED) is 0.840. The Balaban J connectivity index is 2.26. The molecule has 2 aromatic heterocycles. The zero-order chi connectivity index (χ0) is 10.8. The lowest BCUT2D eigenvalue weighted by Gasteiger charge is -1.97. The molecule has 0 bridgehead atoms. The minimum atomic E-state index is -0.264. The molecule has 2 heterocycles. The van der Waals surface area contributed by atoms with Gasteiger partial charge in [0.1, 0.15) is 5.03 Å². The lowest BCUT2D eigenvalue weighted by molar-refractivity contribution is 0.763. The van der Waals surface area contributed by atoms with Gasteiger partial charge in [-0.05, 0) is 23.9 Å². The van der Waals surface area contributed by atoms with Crippen LogP contribution in [-0.4, -0.2) is 25.0 Å². The third-order valence-corrected chi connectivity index (χ3v) is 2.82. The van der Waals surface area contributed by atoms with Gasteiger partial charge in [-0.2, -0.15) is 0 Å². The number of halogens is 1. The number of hydrogen-bond acceptors (Lipinski definition) is 5. The predicted molar refractivity (Wildman–Crippen MR) is 55.0 cm³/mol. The topological polar surface area (TPSA) is 76.5 Å². The van der Waals surface area contributed by atoms with E-state index >= 15 is 0 Å². The molecule has 0 aromatic carbocycles. The van der Waals surface area contributed by atoms with Crippen LogP contribution in [0.15, 0.2) is 27.1 Å². The number of nitrogens with one attached hydrogen (secondary N) is 1. The van der Waals surface area contributed by atoms with E-state index in [0.29, 0.717) is 15.3 Å². The standard InChI is InChI=1S/C7H6ClN5OS/c1-13-6(14)11-12-7(13)15-5-3-2-4(8)9-10-5/h2-3H,1H3,(H,11,14). The number of H-pyrrole nitrogens is 1. The third kappa shape index (κ3) is 2.18. The first-order valence-electron chi connectivity index (χ1n) is 3.95. The van der Waals surface area contributed by atoms with Crippen molar-refractivity contribution in [2.45, 2.75) is 10.2 Å². The van der Waals surface area contributed by atoms with Crippen molar-refractivity contribution in [3.05, 3.63) is 27.8 Å². The molecule has 0 fully saturated rings. The second-order valence-electron chi connectivity index (χ2n) is 2.67. The lowest BCUT2D eigenvalue weighted by Crippen LogP contribution is -2.12. The Labute approximate surface area is 93.7 Å². The molecule has 6 nitrogen and oxygen atoms in total. The highest BCUT2D eigenvalue weighted by Crippen LogP contribution is 2.21. The van der Waals surface area contributed by atoms with Gasteiger partial charge in [-0.3, -0.25) is 4.57 Å². The summed E-state index contributed by atoms with van der Waals surface area (Å²) in [6, 6.07) is 3.33. The Kier molecular flexibility index (Phi) is 2.74. The number of rotatable bonds is 2. The molecule has 2 aromatic rings. The maximum atomic E-state index is 11.1. The highest BCUT2D eigenvalue weighted by molar-refractivity contribution is 7.99. The van der Waals surface area contributed by atoms with Crippen LogP contribution in [0.1, 0.15) is 0 Å². The minimum Gasteiger partial charge on any atom is -0.273 e. The van der Waals surface area contributed by atoms with Crippen molar-refractivity contribution in [1.29, 1.82) is 0 Å². The van der Waals surface area contributed by atoms with Crippen molar-refractivity contribution in [3.8, 4) is 0 Å². The van der Waals surface area contributed by atoms with Crippen molar-refractivity contribution in [2.24, 2.45) is 7.05 Å². The van der Waals surface area contributed by atoms with Crippen molar-refractivity contribution in [3.63, 3.8) is 0 Å². The van der Waals surface area contributed by atoms with E-state index in [9.17, 15) is 4.79 Å². The van der Waals surface area contributed by atoms with Gasteiger partial charge >= 0.3 is 5.69 Å². The van der Waals surface area contributed by atoms with Crippen molar-refractivity contribution < 1.29 is 0 Å². The van der Waals surface area contributed by atoms with E-state index < -0.39 is 0 Å². The Morgan fingerprint density at radius 2 is 2.27 bits per heavy atom. The van der Waals surface area contributed by atoms with Gasteiger partial charge in [0, 0.05) is 7.05 Å². The predicted octanol–water partition coefficient (Wildman–Crippen LogP) is 0.703. The van der Waals surface area contributed by atoms with Crippen LogP contribution in [0.5, 0.6) is 0 Å². The van der Waals surface area contributed by atoms with Crippen LogP contribution in [0.2, 0.25) is 5.15 Å². The summed E-state index contributed by atoms with van der Waals surface area (Å²) in [5, 5.41) is 15.1. The molecule has 0 saturated carbocycles. The average molecular weight is 244 g/mol. The van der Waals surface area contributed by atoms with E-state index in [1.54, 1.807) is 19.2 Å². The highest BCUT2D eigenvalue weighted by Gasteiger charge is 2.07. The summed E-state index contributed by atoms with van der Waals surface area (Å²) in [6.07, 6.45) is 0. The summed E-state index contributed by atoms with van der Waals surface area (Å²) in [5.74, 6) is 0. The fraction of sp³-hybridized carbons (Fsp3) is 0.143. The first-order valence-corrected chi connectivity index (χ1v) is 5.15. The number of nitrogens with zero attached hydrogens (tertiary/aromatic N) is 4. The summed E-state index contributed by atoms with van der Waals surface area (Å²) in [4.78, 5) is 11.1. The van der Waals surface area contributed by atoms with Gasteiger partial charge in [0.05, 0.1) is 0 Å².